The summed E-state index contributed by atoms with van der Waals surface area (Å²) in [4.78, 5) is 14.7. The summed E-state index contributed by atoms with van der Waals surface area (Å²) in [5.41, 5.74) is 3.93. The molecule has 1 aromatic carbocycles. The zero-order valence-corrected chi connectivity index (χ0v) is 15.8. The topological polar surface area (TPSA) is 29.5 Å². The minimum absolute atomic E-state index is 0.199. The summed E-state index contributed by atoms with van der Waals surface area (Å²) in [5.74, 6) is 6.48. The van der Waals surface area contributed by atoms with E-state index >= 15 is 0 Å². The first kappa shape index (κ1) is 16.8. The van der Waals surface area contributed by atoms with Crippen LogP contribution >= 0.6 is 0 Å². The molecule has 2 fully saturated rings. The molecule has 3 nitrogen and oxygen atoms in total. The summed E-state index contributed by atoms with van der Waals surface area (Å²) in [6, 6.07) is 9.18. The van der Waals surface area contributed by atoms with E-state index in [1.54, 1.807) is 6.08 Å². The van der Waals surface area contributed by atoms with Crippen LogP contribution in [0.2, 0.25) is 0 Å². The number of piperidine rings is 1. The zero-order valence-electron chi connectivity index (χ0n) is 15.8. The van der Waals surface area contributed by atoms with Gasteiger partial charge in [0, 0.05) is 35.2 Å². The van der Waals surface area contributed by atoms with Gasteiger partial charge in [0.2, 0.25) is 0 Å². The van der Waals surface area contributed by atoms with E-state index in [0.29, 0.717) is 12.1 Å². The van der Waals surface area contributed by atoms with Gasteiger partial charge in [-0.05, 0) is 43.5 Å². The molecule has 0 aromatic heterocycles. The summed E-state index contributed by atoms with van der Waals surface area (Å²) >= 11 is 0. The average molecular weight is 359 g/mol. The molecule has 3 aliphatic heterocycles. The van der Waals surface area contributed by atoms with Crippen molar-refractivity contribution >= 4 is 5.97 Å². The molecule has 0 N–H and O–H groups in total. The molecule has 5 rings (SSSR count). The van der Waals surface area contributed by atoms with Gasteiger partial charge in [0.25, 0.3) is 0 Å². The molecule has 0 radical (unpaired) electrons. The SMILES string of the molecule is CCCc1ccc(C#CC2=CC3CC4(OC(=O)C=C24)C2CCCCN32)cc1. The molecule has 2 saturated heterocycles. The number of fused-ring (bicyclic) bond motifs is 3. The predicted octanol–water partition coefficient (Wildman–Crippen LogP) is 3.78. The number of esters is 1. The first-order chi connectivity index (χ1) is 13.2. The second kappa shape index (κ2) is 6.39. The number of ether oxygens (including phenoxy) is 1. The number of nitrogens with zero attached hydrogens (tertiary/aromatic N) is 1. The van der Waals surface area contributed by atoms with Crippen LogP contribution in [0.1, 0.15) is 50.2 Å². The first-order valence-corrected chi connectivity index (χ1v) is 10.2. The van der Waals surface area contributed by atoms with Crippen LogP contribution in [0.5, 0.6) is 0 Å². The van der Waals surface area contributed by atoms with E-state index in [-0.39, 0.29) is 5.97 Å². The molecule has 1 spiro atoms. The molecular formula is C24H25NO2. The Morgan fingerprint density at radius 3 is 2.89 bits per heavy atom. The lowest BCUT2D eigenvalue weighted by atomic mass is 9.77. The van der Waals surface area contributed by atoms with E-state index in [4.69, 9.17) is 4.74 Å². The average Bonchev–Trinajstić information content (AvgIpc) is 3.16. The second-order valence-corrected chi connectivity index (χ2v) is 8.17. The third kappa shape index (κ3) is 2.66. The van der Waals surface area contributed by atoms with Crippen LogP contribution in [-0.4, -0.2) is 35.1 Å². The number of carbonyl (C=O) groups excluding carboxylic acids is 1. The molecule has 3 heterocycles. The zero-order chi connectivity index (χ0) is 18.4. The molecule has 3 unspecified atom stereocenters. The lowest BCUT2D eigenvalue weighted by molar-refractivity contribution is -0.148. The maximum absolute atomic E-state index is 12.2. The van der Waals surface area contributed by atoms with Gasteiger partial charge in [-0.25, -0.2) is 4.79 Å². The number of carbonyl (C=O) groups is 1. The van der Waals surface area contributed by atoms with Crippen molar-refractivity contribution in [3.05, 3.63) is 58.7 Å². The van der Waals surface area contributed by atoms with Gasteiger partial charge in [0.15, 0.2) is 5.60 Å². The summed E-state index contributed by atoms with van der Waals surface area (Å²) in [6.45, 7) is 3.29. The van der Waals surface area contributed by atoms with Crippen LogP contribution < -0.4 is 0 Å². The highest BCUT2D eigenvalue weighted by Gasteiger charge is 2.61. The lowest BCUT2D eigenvalue weighted by Gasteiger charge is -2.38. The molecule has 138 valence electrons. The molecule has 1 aromatic rings. The monoisotopic (exact) mass is 359 g/mol. The van der Waals surface area contributed by atoms with Crippen LogP contribution in [-0.2, 0) is 16.0 Å². The van der Waals surface area contributed by atoms with E-state index in [9.17, 15) is 4.79 Å². The standard InChI is InChI=1S/C24H25NO2/c1-2-5-17-7-9-18(10-8-17)11-12-19-14-20-16-24(21(19)15-23(26)27-24)22-6-3-4-13-25(20)22/h7-10,14-15,20,22H,2-6,13,16H2,1H3. The van der Waals surface area contributed by atoms with Gasteiger partial charge >= 0.3 is 5.97 Å². The molecule has 3 heteroatoms. The van der Waals surface area contributed by atoms with Crippen LogP contribution in [0.4, 0.5) is 0 Å². The Bertz CT molecular complexity index is 899. The fourth-order valence-electron chi connectivity index (χ4n) is 5.35. The van der Waals surface area contributed by atoms with Crippen LogP contribution in [0.3, 0.4) is 0 Å². The molecule has 27 heavy (non-hydrogen) atoms. The summed E-state index contributed by atoms with van der Waals surface area (Å²) in [5, 5.41) is 0. The summed E-state index contributed by atoms with van der Waals surface area (Å²) < 4.78 is 5.96. The summed E-state index contributed by atoms with van der Waals surface area (Å²) in [7, 11) is 0. The van der Waals surface area contributed by atoms with Gasteiger partial charge in [-0.3, -0.25) is 4.90 Å². The van der Waals surface area contributed by atoms with Gasteiger partial charge in [-0.15, -0.1) is 0 Å². The maximum Gasteiger partial charge on any atom is 0.332 e. The van der Waals surface area contributed by atoms with Crippen molar-refractivity contribution in [1.29, 1.82) is 0 Å². The van der Waals surface area contributed by atoms with Crippen LogP contribution in [0.15, 0.2) is 47.6 Å². The third-order valence-electron chi connectivity index (χ3n) is 6.51. The molecule has 4 aliphatic rings. The fourth-order valence-corrected chi connectivity index (χ4v) is 5.35. The number of hydrogen-bond donors (Lipinski definition) is 0. The van der Waals surface area contributed by atoms with Crippen LogP contribution in [0, 0.1) is 11.8 Å². The fraction of sp³-hybridized carbons (Fsp3) is 0.458. The number of hydrogen-bond acceptors (Lipinski definition) is 3. The number of aryl methyl sites for hydroxylation is 1. The molecule has 2 bridgehead atoms. The second-order valence-electron chi connectivity index (χ2n) is 8.17. The molecular weight excluding hydrogens is 334 g/mol. The van der Waals surface area contributed by atoms with E-state index in [0.717, 1.165) is 48.9 Å². The van der Waals surface area contributed by atoms with Crippen LogP contribution in [0.25, 0.3) is 0 Å². The summed E-state index contributed by atoms with van der Waals surface area (Å²) in [6.07, 6.45) is 10.7. The Morgan fingerprint density at radius 2 is 2.07 bits per heavy atom. The third-order valence-corrected chi connectivity index (χ3v) is 6.51. The quantitative estimate of drug-likeness (QED) is 0.594. The molecule has 0 saturated carbocycles. The van der Waals surface area contributed by atoms with Gasteiger partial charge in [-0.1, -0.05) is 49.8 Å². The highest BCUT2D eigenvalue weighted by Crippen LogP contribution is 2.53. The van der Waals surface area contributed by atoms with E-state index in [1.807, 2.05) is 0 Å². The first-order valence-electron chi connectivity index (χ1n) is 10.2. The Hall–Kier alpha value is -2.31. The van der Waals surface area contributed by atoms with E-state index < -0.39 is 5.60 Å². The van der Waals surface area contributed by atoms with Crippen molar-refractivity contribution in [2.75, 3.05) is 6.54 Å². The largest absolute Gasteiger partial charge is 0.449 e. The van der Waals surface area contributed by atoms with Crippen molar-refractivity contribution in [3.8, 4) is 11.8 Å². The highest BCUT2D eigenvalue weighted by molar-refractivity contribution is 5.90. The van der Waals surface area contributed by atoms with Crippen molar-refractivity contribution in [3.63, 3.8) is 0 Å². The Balaban J connectivity index is 1.48. The van der Waals surface area contributed by atoms with Gasteiger partial charge < -0.3 is 4.74 Å². The minimum Gasteiger partial charge on any atom is -0.449 e. The molecule has 0 amide bonds. The van der Waals surface area contributed by atoms with Crippen molar-refractivity contribution < 1.29 is 9.53 Å². The van der Waals surface area contributed by atoms with Gasteiger partial charge in [0.1, 0.15) is 0 Å². The van der Waals surface area contributed by atoms with E-state index in [1.165, 1.54) is 18.4 Å². The minimum atomic E-state index is -0.452. The number of rotatable bonds is 2. The molecule has 1 aliphatic carbocycles. The Kier molecular flexibility index (Phi) is 3.98. The van der Waals surface area contributed by atoms with Crippen molar-refractivity contribution in [2.24, 2.45) is 0 Å². The molecule has 3 atom stereocenters. The van der Waals surface area contributed by atoms with Gasteiger partial charge in [0.05, 0.1) is 6.04 Å². The van der Waals surface area contributed by atoms with Crippen molar-refractivity contribution in [2.45, 2.75) is 63.1 Å². The Labute approximate surface area is 161 Å². The smallest absolute Gasteiger partial charge is 0.332 e. The highest BCUT2D eigenvalue weighted by atomic mass is 16.6. The maximum atomic E-state index is 12.2. The van der Waals surface area contributed by atoms with E-state index in [2.05, 4.69) is 54.0 Å². The lowest BCUT2D eigenvalue weighted by Crippen LogP contribution is -2.48. The van der Waals surface area contributed by atoms with Gasteiger partial charge in [-0.2, -0.15) is 0 Å². The van der Waals surface area contributed by atoms with Crippen molar-refractivity contribution in [1.82, 2.24) is 4.90 Å². The Morgan fingerprint density at radius 1 is 1.22 bits per heavy atom. The normalized spacial score (nSPS) is 31.2. The predicted molar refractivity (Wildman–Crippen MR) is 105 cm³/mol. The number of benzene rings is 1.